The minimum atomic E-state index is -4.65. The van der Waals surface area contributed by atoms with E-state index < -0.39 is 16.9 Å². The molecule has 0 radical (unpaired) electrons. The monoisotopic (exact) mass is 426 g/mol. The lowest BCUT2D eigenvalue weighted by Crippen LogP contribution is -2.08. The van der Waals surface area contributed by atoms with Crippen LogP contribution in [0, 0.1) is 5.92 Å². The number of halogens is 4. The van der Waals surface area contributed by atoms with E-state index in [2.05, 4.69) is 27.1 Å². The zero-order chi connectivity index (χ0) is 19.8. The van der Waals surface area contributed by atoms with E-state index in [0.29, 0.717) is 11.6 Å². The Labute approximate surface area is 166 Å². The Kier molecular flexibility index (Phi) is 3.76. The van der Waals surface area contributed by atoms with Gasteiger partial charge in [0.15, 0.2) is 11.3 Å². The molecule has 146 valence electrons. The lowest BCUT2D eigenvalue weighted by molar-refractivity contribution is -0.141. The van der Waals surface area contributed by atoms with Crippen LogP contribution in [0.3, 0.4) is 0 Å². The molecule has 0 amide bonds. The van der Waals surface area contributed by atoms with E-state index in [1.54, 1.807) is 11.3 Å². The predicted molar refractivity (Wildman–Crippen MR) is 99.6 cm³/mol. The highest BCUT2D eigenvalue weighted by Crippen LogP contribution is 2.41. The summed E-state index contributed by atoms with van der Waals surface area (Å²) in [5.41, 5.74) is 0.694. The molecule has 5 rings (SSSR count). The van der Waals surface area contributed by atoms with Gasteiger partial charge in [-0.2, -0.15) is 18.3 Å². The van der Waals surface area contributed by atoms with Crippen molar-refractivity contribution < 1.29 is 13.2 Å². The molecule has 4 aromatic rings. The fourth-order valence-corrected chi connectivity index (χ4v) is 5.46. The molecule has 11 heteroatoms. The van der Waals surface area contributed by atoms with E-state index in [9.17, 15) is 13.2 Å². The summed E-state index contributed by atoms with van der Waals surface area (Å²) < 4.78 is 42.0. The lowest BCUT2D eigenvalue weighted by atomic mass is 9.89. The predicted octanol–water partition coefficient (Wildman–Crippen LogP) is 4.54. The Morgan fingerprint density at radius 2 is 2.07 bits per heavy atom. The Morgan fingerprint density at radius 1 is 1.29 bits per heavy atom. The third kappa shape index (κ3) is 2.54. The third-order valence-corrected chi connectivity index (χ3v) is 6.62. The van der Waals surface area contributed by atoms with Crippen LogP contribution in [0.15, 0.2) is 6.33 Å². The quantitative estimate of drug-likeness (QED) is 0.448. The SMILES string of the molecule is C[C@@H]1CCc2c(sc3ncn4nc(-c5c(Cl)c(C(F)(F)F)nn5C)nc4c23)C1. The molecule has 0 fully saturated rings. The molecule has 0 unspecified atom stereocenters. The first-order valence-electron chi connectivity index (χ1n) is 8.69. The fourth-order valence-electron chi connectivity index (χ4n) is 3.76. The number of hydrogen-bond donors (Lipinski definition) is 0. The van der Waals surface area contributed by atoms with Crippen molar-refractivity contribution >= 4 is 38.8 Å². The molecule has 1 aliphatic rings. The van der Waals surface area contributed by atoms with Crippen molar-refractivity contribution in [1.29, 1.82) is 0 Å². The van der Waals surface area contributed by atoms with Gasteiger partial charge >= 0.3 is 6.18 Å². The highest BCUT2D eigenvalue weighted by Gasteiger charge is 2.39. The van der Waals surface area contributed by atoms with Gasteiger partial charge in [0.25, 0.3) is 0 Å². The lowest BCUT2D eigenvalue weighted by Gasteiger charge is -2.17. The summed E-state index contributed by atoms with van der Waals surface area (Å²) in [4.78, 5) is 11.2. The van der Waals surface area contributed by atoms with Crippen LogP contribution in [0.2, 0.25) is 5.02 Å². The molecule has 4 aromatic heterocycles. The second-order valence-electron chi connectivity index (χ2n) is 7.11. The summed E-state index contributed by atoms with van der Waals surface area (Å²) in [5.74, 6) is 0.716. The fraction of sp³-hybridized carbons (Fsp3) is 0.412. The molecule has 0 aliphatic heterocycles. The molecule has 0 aromatic carbocycles. The molecule has 0 spiro atoms. The van der Waals surface area contributed by atoms with Crippen LogP contribution in [0.1, 0.15) is 29.5 Å². The van der Waals surface area contributed by atoms with Gasteiger partial charge in [0.05, 0.1) is 5.39 Å². The molecular weight excluding hydrogens is 413 g/mol. The average molecular weight is 427 g/mol. The van der Waals surface area contributed by atoms with Crippen LogP contribution < -0.4 is 0 Å². The molecule has 0 saturated carbocycles. The zero-order valence-corrected chi connectivity index (χ0v) is 16.5. The number of alkyl halides is 3. The van der Waals surface area contributed by atoms with Crippen LogP contribution in [0.4, 0.5) is 13.2 Å². The summed E-state index contributed by atoms with van der Waals surface area (Å²) in [7, 11) is 1.39. The number of aryl methyl sites for hydroxylation is 2. The van der Waals surface area contributed by atoms with E-state index >= 15 is 0 Å². The Morgan fingerprint density at radius 3 is 2.79 bits per heavy atom. The zero-order valence-electron chi connectivity index (χ0n) is 14.9. The maximum absolute atomic E-state index is 13.1. The Balaban J connectivity index is 1.74. The summed E-state index contributed by atoms with van der Waals surface area (Å²) in [6.07, 6.45) is -0.0845. The minimum absolute atomic E-state index is 0.0311. The number of nitrogens with zero attached hydrogens (tertiary/aromatic N) is 6. The second kappa shape index (κ2) is 5.90. The van der Waals surface area contributed by atoms with Gasteiger partial charge in [-0.3, -0.25) is 4.68 Å². The highest BCUT2D eigenvalue weighted by molar-refractivity contribution is 7.19. The van der Waals surface area contributed by atoms with Gasteiger partial charge in [-0.15, -0.1) is 16.4 Å². The van der Waals surface area contributed by atoms with Crippen LogP contribution in [0.5, 0.6) is 0 Å². The van der Waals surface area contributed by atoms with Gasteiger partial charge in [-0.1, -0.05) is 18.5 Å². The van der Waals surface area contributed by atoms with Crippen molar-refractivity contribution in [3.8, 4) is 11.5 Å². The molecule has 1 aliphatic carbocycles. The van der Waals surface area contributed by atoms with Crippen molar-refractivity contribution in [2.75, 3.05) is 0 Å². The summed E-state index contributed by atoms with van der Waals surface area (Å²) in [6.45, 7) is 2.23. The van der Waals surface area contributed by atoms with Crippen molar-refractivity contribution in [3.05, 3.63) is 27.5 Å². The van der Waals surface area contributed by atoms with Gasteiger partial charge in [0, 0.05) is 11.9 Å². The van der Waals surface area contributed by atoms with Crippen molar-refractivity contribution in [2.45, 2.75) is 32.4 Å². The van der Waals surface area contributed by atoms with Crippen LogP contribution in [-0.2, 0) is 26.1 Å². The summed E-state index contributed by atoms with van der Waals surface area (Å²) in [5, 5.41) is 8.27. The van der Waals surface area contributed by atoms with Crippen LogP contribution in [-0.4, -0.2) is 29.4 Å². The van der Waals surface area contributed by atoms with E-state index in [0.717, 1.165) is 34.2 Å². The Bertz CT molecular complexity index is 1240. The molecule has 0 bridgehead atoms. The highest BCUT2D eigenvalue weighted by atomic mass is 35.5. The van der Waals surface area contributed by atoms with E-state index in [4.69, 9.17) is 11.6 Å². The van der Waals surface area contributed by atoms with Crippen LogP contribution in [0.25, 0.3) is 27.4 Å². The molecule has 28 heavy (non-hydrogen) atoms. The number of hydrogen-bond acceptors (Lipinski definition) is 5. The number of rotatable bonds is 1. The van der Waals surface area contributed by atoms with Gasteiger partial charge in [-0.05, 0) is 30.7 Å². The number of thiophene rings is 1. The van der Waals surface area contributed by atoms with E-state index in [1.807, 2.05) is 0 Å². The number of fused-ring (bicyclic) bond motifs is 5. The topological polar surface area (TPSA) is 60.9 Å². The number of aromatic nitrogens is 6. The van der Waals surface area contributed by atoms with E-state index in [1.165, 1.54) is 28.3 Å². The van der Waals surface area contributed by atoms with E-state index in [-0.39, 0.29) is 11.5 Å². The first-order valence-corrected chi connectivity index (χ1v) is 9.89. The third-order valence-electron chi connectivity index (χ3n) is 5.10. The maximum atomic E-state index is 13.1. The molecule has 4 heterocycles. The van der Waals surface area contributed by atoms with Crippen molar-refractivity contribution in [1.82, 2.24) is 29.4 Å². The molecule has 0 saturated heterocycles. The second-order valence-corrected chi connectivity index (χ2v) is 8.57. The molecule has 1 atom stereocenters. The maximum Gasteiger partial charge on any atom is 0.436 e. The van der Waals surface area contributed by atoms with Gasteiger partial charge in [-0.25, -0.2) is 14.5 Å². The van der Waals surface area contributed by atoms with Crippen molar-refractivity contribution in [3.63, 3.8) is 0 Å². The smallest absolute Gasteiger partial charge is 0.262 e. The van der Waals surface area contributed by atoms with Gasteiger partial charge in [0.2, 0.25) is 5.82 Å². The largest absolute Gasteiger partial charge is 0.436 e. The standard InChI is InChI=1S/C17H14ClF3N6S/c1-7-3-4-8-9(5-7)28-16-10(8)15-23-14(25-27(15)6-22-16)12-11(18)13(17(19,20)21)24-26(12)2/h6-7H,3-5H2,1-2H3/t7-/m1/s1. The minimum Gasteiger partial charge on any atom is -0.262 e. The molecule has 6 nitrogen and oxygen atoms in total. The van der Waals surface area contributed by atoms with Crippen molar-refractivity contribution in [2.24, 2.45) is 13.0 Å². The molecule has 0 N–H and O–H groups in total. The van der Waals surface area contributed by atoms with Gasteiger partial charge < -0.3 is 0 Å². The summed E-state index contributed by atoms with van der Waals surface area (Å²) in [6, 6.07) is 0. The normalized spacial score (nSPS) is 17.6. The average Bonchev–Trinajstić information content (AvgIpc) is 3.26. The first-order chi connectivity index (χ1) is 13.2. The first kappa shape index (κ1) is 17.9. The summed E-state index contributed by atoms with van der Waals surface area (Å²) >= 11 is 7.65. The molecular formula is C17H14ClF3N6S. The van der Waals surface area contributed by atoms with Crippen LogP contribution >= 0.6 is 22.9 Å². The van der Waals surface area contributed by atoms with Gasteiger partial charge in [0.1, 0.15) is 21.9 Å². The Hall–Kier alpha value is -2.20.